The van der Waals surface area contributed by atoms with Crippen molar-refractivity contribution in [2.75, 3.05) is 11.9 Å². The van der Waals surface area contributed by atoms with Gasteiger partial charge in [0.05, 0.1) is 5.56 Å². The summed E-state index contributed by atoms with van der Waals surface area (Å²) in [5.41, 5.74) is -0.143. The lowest BCUT2D eigenvalue weighted by Crippen LogP contribution is -2.07. The van der Waals surface area contributed by atoms with Gasteiger partial charge in [0.25, 0.3) is 0 Å². The zero-order valence-electron chi connectivity index (χ0n) is 10.2. The third kappa shape index (κ3) is 2.05. The molecule has 1 aromatic carbocycles. The molecule has 0 radical (unpaired) electrons. The number of benzene rings is 1. The summed E-state index contributed by atoms with van der Waals surface area (Å²) < 4.78 is 29.1. The second-order valence-corrected chi connectivity index (χ2v) is 3.72. The molecular formula is C12H14F2N4. The van der Waals surface area contributed by atoms with Crippen LogP contribution in [0, 0.1) is 11.6 Å². The Hall–Kier alpha value is -1.98. The van der Waals surface area contributed by atoms with Crippen LogP contribution in [-0.2, 0) is 6.54 Å². The first-order valence-corrected chi connectivity index (χ1v) is 5.80. The van der Waals surface area contributed by atoms with Crippen LogP contribution < -0.4 is 5.32 Å². The van der Waals surface area contributed by atoms with Crippen LogP contribution in [0.2, 0.25) is 0 Å². The average Bonchev–Trinajstić information content (AvgIpc) is 2.72. The Kier molecular flexibility index (Phi) is 3.55. The van der Waals surface area contributed by atoms with Crippen molar-refractivity contribution in [2.24, 2.45) is 0 Å². The van der Waals surface area contributed by atoms with Crippen LogP contribution in [0.25, 0.3) is 11.4 Å². The molecule has 1 heterocycles. The van der Waals surface area contributed by atoms with Gasteiger partial charge in [0.15, 0.2) is 5.82 Å². The van der Waals surface area contributed by atoms with E-state index in [9.17, 15) is 8.78 Å². The van der Waals surface area contributed by atoms with E-state index in [1.54, 1.807) is 4.57 Å². The summed E-state index contributed by atoms with van der Waals surface area (Å²) in [6.07, 6.45) is 0. The van der Waals surface area contributed by atoms with Crippen LogP contribution in [0.15, 0.2) is 18.2 Å². The first-order valence-electron chi connectivity index (χ1n) is 5.80. The summed E-state index contributed by atoms with van der Waals surface area (Å²) in [7, 11) is 0. The fraction of sp³-hybridized carbons (Fsp3) is 0.333. The molecule has 2 aromatic rings. The first kappa shape index (κ1) is 12.5. The van der Waals surface area contributed by atoms with E-state index in [-0.39, 0.29) is 11.4 Å². The topological polar surface area (TPSA) is 42.7 Å². The van der Waals surface area contributed by atoms with E-state index in [0.29, 0.717) is 19.0 Å². The molecule has 1 aromatic heterocycles. The Morgan fingerprint density at radius 2 is 1.83 bits per heavy atom. The molecule has 0 fully saturated rings. The Morgan fingerprint density at radius 1 is 1.17 bits per heavy atom. The summed E-state index contributed by atoms with van der Waals surface area (Å²) in [5, 5.41) is 10.8. The van der Waals surface area contributed by atoms with E-state index < -0.39 is 11.6 Å². The SMILES string of the molecule is CCNc1nnc(-c2c(F)cccc2F)n1CC. The molecule has 0 aliphatic rings. The molecule has 0 aliphatic carbocycles. The third-order valence-electron chi connectivity index (χ3n) is 2.59. The third-order valence-corrected chi connectivity index (χ3v) is 2.59. The van der Waals surface area contributed by atoms with Crippen molar-refractivity contribution >= 4 is 5.95 Å². The molecule has 0 atom stereocenters. The molecule has 18 heavy (non-hydrogen) atoms. The largest absolute Gasteiger partial charge is 0.355 e. The van der Waals surface area contributed by atoms with Crippen molar-refractivity contribution in [1.29, 1.82) is 0 Å². The molecule has 0 saturated heterocycles. The van der Waals surface area contributed by atoms with Gasteiger partial charge >= 0.3 is 0 Å². The van der Waals surface area contributed by atoms with Gasteiger partial charge in [-0.25, -0.2) is 8.78 Å². The van der Waals surface area contributed by atoms with Gasteiger partial charge in [-0.2, -0.15) is 0 Å². The molecule has 2 rings (SSSR count). The Labute approximate surface area is 104 Å². The van der Waals surface area contributed by atoms with Gasteiger partial charge in [0.1, 0.15) is 11.6 Å². The van der Waals surface area contributed by atoms with Crippen LogP contribution in [0.1, 0.15) is 13.8 Å². The zero-order chi connectivity index (χ0) is 13.1. The highest BCUT2D eigenvalue weighted by Gasteiger charge is 2.19. The zero-order valence-corrected chi connectivity index (χ0v) is 10.2. The van der Waals surface area contributed by atoms with Crippen LogP contribution in [0.5, 0.6) is 0 Å². The van der Waals surface area contributed by atoms with Crippen molar-refractivity contribution in [3.63, 3.8) is 0 Å². The van der Waals surface area contributed by atoms with E-state index in [4.69, 9.17) is 0 Å². The summed E-state index contributed by atoms with van der Waals surface area (Å²) in [6, 6.07) is 3.74. The monoisotopic (exact) mass is 252 g/mol. The van der Waals surface area contributed by atoms with Gasteiger partial charge in [-0.05, 0) is 26.0 Å². The maximum absolute atomic E-state index is 13.7. The Bertz CT molecular complexity index is 531. The van der Waals surface area contributed by atoms with Crippen molar-refractivity contribution < 1.29 is 8.78 Å². The number of hydrogen-bond acceptors (Lipinski definition) is 3. The highest BCUT2D eigenvalue weighted by molar-refractivity contribution is 5.59. The number of aromatic nitrogens is 3. The predicted molar refractivity (Wildman–Crippen MR) is 65.2 cm³/mol. The van der Waals surface area contributed by atoms with Crippen LogP contribution in [-0.4, -0.2) is 21.3 Å². The summed E-state index contributed by atoms with van der Waals surface area (Å²) in [4.78, 5) is 0. The maximum atomic E-state index is 13.7. The number of hydrogen-bond donors (Lipinski definition) is 1. The van der Waals surface area contributed by atoms with E-state index in [0.717, 1.165) is 0 Å². The van der Waals surface area contributed by atoms with Crippen molar-refractivity contribution in [1.82, 2.24) is 14.8 Å². The summed E-state index contributed by atoms with van der Waals surface area (Å²) >= 11 is 0. The van der Waals surface area contributed by atoms with Gasteiger partial charge in [0.2, 0.25) is 5.95 Å². The minimum Gasteiger partial charge on any atom is -0.355 e. The molecule has 96 valence electrons. The molecule has 0 aliphatic heterocycles. The number of halogens is 2. The Morgan fingerprint density at radius 3 is 2.39 bits per heavy atom. The highest BCUT2D eigenvalue weighted by atomic mass is 19.1. The number of nitrogens with zero attached hydrogens (tertiary/aromatic N) is 3. The van der Waals surface area contributed by atoms with Gasteiger partial charge in [0, 0.05) is 13.1 Å². The van der Waals surface area contributed by atoms with E-state index in [1.165, 1.54) is 18.2 Å². The molecular weight excluding hydrogens is 238 g/mol. The van der Waals surface area contributed by atoms with Crippen molar-refractivity contribution in [3.8, 4) is 11.4 Å². The lowest BCUT2D eigenvalue weighted by Gasteiger charge is -2.09. The average molecular weight is 252 g/mol. The normalized spacial score (nSPS) is 10.7. The smallest absolute Gasteiger partial charge is 0.224 e. The second-order valence-electron chi connectivity index (χ2n) is 3.72. The van der Waals surface area contributed by atoms with Gasteiger partial charge < -0.3 is 5.32 Å². The molecule has 0 bridgehead atoms. The lowest BCUT2D eigenvalue weighted by atomic mass is 10.2. The lowest BCUT2D eigenvalue weighted by molar-refractivity contribution is 0.584. The second kappa shape index (κ2) is 5.12. The summed E-state index contributed by atoms with van der Waals surface area (Å²) in [6.45, 7) is 4.97. The van der Waals surface area contributed by atoms with E-state index in [1.807, 2.05) is 13.8 Å². The van der Waals surface area contributed by atoms with Crippen LogP contribution in [0.4, 0.5) is 14.7 Å². The van der Waals surface area contributed by atoms with Crippen LogP contribution in [0.3, 0.4) is 0 Å². The number of nitrogens with one attached hydrogen (secondary N) is 1. The minimum absolute atomic E-state index is 0.143. The van der Waals surface area contributed by atoms with Crippen molar-refractivity contribution in [3.05, 3.63) is 29.8 Å². The Balaban J connectivity index is 2.57. The fourth-order valence-electron chi connectivity index (χ4n) is 1.79. The molecule has 0 amide bonds. The van der Waals surface area contributed by atoms with Gasteiger partial charge in [-0.15, -0.1) is 10.2 Å². The predicted octanol–water partition coefficient (Wildman–Crippen LogP) is 2.68. The first-order chi connectivity index (χ1) is 8.69. The van der Waals surface area contributed by atoms with E-state index in [2.05, 4.69) is 15.5 Å². The number of rotatable bonds is 4. The molecule has 1 N–H and O–H groups in total. The van der Waals surface area contributed by atoms with Crippen LogP contribution >= 0.6 is 0 Å². The van der Waals surface area contributed by atoms with Gasteiger partial charge in [-0.1, -0.05) is 6.07 Å². The van der Waals surface area contributed by atoms with E-state index >= 15 is 0 Å². The van der Waals surface area contributed by atoms with Crippen molar-refractivity contribution in [2.45, 2.75) is 20.4 Å². The highest BCUT2D eigenvalue weighted by Crippen LogP contribution is 2.26. The molecule has 0 saturated carbocycles. The molecule has 6 heteroatoms. The molecule has 0 spiro atoms. The quantitative estimate of drug-likeness (QED) is 0.909. The molecule has 4 nitrogen and oxygen atoms in total. The minimum atomic E-state index is -0.639. The number of anilines is 1. The fourth-order valence-corrected chi connectivity index (χ4v) is 1.79. The maximum Gasteiger partial charge on any atom is 0.224 e. The standard InChI is InChI=1S/C12H14F2N4/c1-3-15-12-17-16-11(18(12)4-2)10-8(13)6-5-7-9(10)14/h5-7H,3-4H2,1-2H3,(H,15,17). The van der Waals surface area contributed by atoms with Gasteiger partial charge in [-0.3, -0.25) is 4.57 Å². The molecule has 0 unspecified atom stereocenters. The summed E-state index contributed by atoms with van der Waals surface area (Å²) in [5.74, 6) is -0.568.